The van der Waals surface area contributed by atoms with Crippen LogP contribution in [0, 0.1) is 0 Å². The van der Waals surface area contributed by atoms with Crippen molar-refractivity contribution >= 4 is 23.2 Å². The molecule has 1 N–H and O–H groups in total. The second-order valence-corrected chi connectivity index (χ2v) is 5.03. The van der Waals surface area contributed by atoms with Gasteiger partial charge in [-0.2, -0.15) is 0 Å². The average Bonchev–Trinajstić information content (AvgIpc) is 2.43. The summed E-state index contributed by atoms with van der Waals surface area (Å²) < 4.78 is 5.12. The van der Waals surface area contributed by atoms with Gasteiger partial charge < -0.3 is 10.1 Å². The highest BCUT2D eigenvalue weighted by Crippen LogP contribution is 2.20. The molecule has 0 aliphatic carbocycles. The van der Waals surface area contributed by atoms with Crippen LogP contribution in [0.1, 0.15) is 11.1 Å². The summed E-state index contributed by atoms with van der Waals surface area (Å²) in [6.45, 7) is 1.46. The number of ether oxygens (including phenoxy) is 1. The molecule has 0 aliphatic rings. The molecular weight excluding hydrogens is 281 g/mol. The number of halogens is 2. The third kappa shape index (κ3) is 4.13. The topological polar surface area (TPSA) is 21.3 Å². The lowest BCUT2D eigenvalue weighted by Crippen LogP contribution is -2.12. The van der Waals surface area contributed by atoms with E-state index in [0.29, 0.717) is 11.6 Å². The second-order valence-electron chi connectivity index (χ2n) is 4.19. The van der Waals surface area contributed by atoms with Crippen LogP contribution in [0.5, 0.6) is 5.75 Å². The summed E-state index contributed by atoms with van der Waals surface area (Å²) in [5.74, 6) is 0.863. The van der Waals surface area contributed by atoms with Crippen molar-refractivity contribution in [3.8, 4) is 5.75 Å². The Kier molecular flexibility index (Phi) is 5.08. The largest absolute Gasteiger partial charge is 0.497 e. The van der Waals surface area contributed by atoms with Crippen LogP contribution in [0.15, 0.2) is 42.5 Å². The molecule has 0 amide bonds. The molecule has 0 fully saturated rings. The predicted molar refractivity (Wildman–Crippen MR) is 80.0 cm³/mol. The Morgan fingerprint density at radius 1 is 1.00 bits per heavy atom. The van der Waals surface area contributed by atoms with Crippen molar-refractivity contribution in [1.29, 1.82) is 0 Å². The lowest BCUT2D eigenvalue weighted by atomic mass is 10.2. The van der Waals surface area contributed by atoms with Gasteiger partial charge in [0.2, 0.25) is 0 Å². The van der Waals surface area contributed by atoms with Crippen molar-refractivity contribution in [2.24, 2.45) is 0 Å². The van der Waals surface area contributed by atoms with Crippen molar-refractivity contribution in [2.45, 2.75) is 13.1 Å². The summed E-state index contributed by atoms with van der Waals surface area (Å²) in [5, 5.41) is 4.77. The minimum absolute atomic E-state index is 0.686. The van der Waals surface area contributed by atoms with E-state index in [1.807, 2.05) is 36.4 Å². The zero-order chi connectivity index (χ0) is 13.7. The van der Waals surface area contributed by atoms with E-state index in [9.17, 15) is 0 Å². The minimum Gasteiger partial charge on any atom is -0.497 e. The van der Waals surface area contributed by atoms with Crippen molar-refractivity contribution in [3.63, 3.8) is 0 Å². The maximum absolute atomic E-state index is 6.10. The van der Waals surface area contributed by atoms with Crippen LogP contribution in [0.25, 0.3) is 0 Å². The Bertz CT molecular complexity index is 540. The first-order valence-electron chi connectivity index (χ1n) is 5.96. The quantitative estimate of drug-likeness (QED) is 0.888. The van der Waals surface area contributed by atoms with Gasteiger partial charge in [-0.05, 0) is 41.5 Å². The number of hydrogen-bond acceptors (Lipinski definition) is 2. The SMILES string of the molecule is COc1ccc(CNCc2cc(Cl)ccc2Cl)cc1. The lowest BCUT2D eigenvalue weighted by Gasteiger charge is -2.08. The Balaban J connectivity index is 1.90. The molecule has 0 saturated heterocycles. The van der Waals surface area contributed by atoms with Crippen LogP contribution in [0.2, 0.25) is 10.0 Å². The zero-order valence-electron chi connectivity index (χ0n) is 10.6. The zero-order valence-corrected chi connectivity index (χ0v) is 12.1. The molecule has 0 aliphatic heterocycles. The molecule has 0 saturated carbocycles. The van der Waals surface area contributed by atoms with E-state index < -0.39 is 0 Å². The summed E-state index contributed by atoms with van der Waals surface area (Å²) in [4.78, 5) is 0. The normalized spacial score (nSPS) is 10.5. The Morgan fingerprint density at radius 3 is 2.42 bits per heavy atom. The predicted octanol–water partition coefficient (Wildman–Crippen LogP) is 4.29. The van der Waals surface area contributed by atoms with E-state index in [1.54, 1.807) is 13.2 Å². The van der Waals surface area contributed by atoms with Crippen molar-refractivity contribution in [2.75, 3.05) is 7.11 Å². The van der Waals surface area contributed by atoms with E-state index in [-0.39, 0.29) is 0 Å². The van der Waals surface area contributed by atoms with Crippen LogP contribution >= 0.6 is 23.2 Å². The summed E-state index contributed by atoms with van der Waals surface area (Å²) in [6.07, 6.45) is 0. The molecular formula is C15H15Cl2NO. The number of methoxy groups -OCH3 is 1. The van der Waals surface area contributed by atoms with E-state index in [4.69, 9.17) is 27.9 Å². The van der Waals surface area contributed by atoms with Gasteiger partial charge in [-0.1, -0.05) is 35.3 Å². The van der Waals surface area contributed by atoms with Crippen LogP contribution < -0.4 is 10.1 Å². The average molecular weight is 296 g/mol. The molecule has 0 spiro atoms. The van der Waals surface area contributed by atoms with E-state index >= 15 is 0 Å². The van der Waals surface area contributed by atoms with E-state index in [1.165, 1.54) is 5.56 Å². The third-order valence-corrected chi connectivity index (χ3v) is 3.42. The van der Waals surface area contributed by atoms with E-state index in [0.717, 1.165) is 22.9 Å². The second kappa shape index (κ2) is 6.80. The van der Waals surface area contributed by atoms with Gasteiger partial charge in [0.1, 0.15) is 5.75 Å². The van der Waals surface area contributed by atoms with Crippen molar-refractivity contribution < 1.29 is 4.74 Å². The molecule has 0 atom stereocenters. The Morgan fingerprint density at radius 2 is 1.74 bits per heavy atom. The van der Waals surface area contributed by atoms with Gasteiger partial charge in [-0.25, -0.2) is 0 Å². The molecule has 2 aromatic rings. The fourth-order valence-electron chi connectivity index (χ4n) is 1.76. The molecule has 0 heterocycles. The van der Waals surface area contributed by atoms with Gasteiger partial charge in [0.15, 0.2) is 0 Å². The number of hydrogen-bond donors (Lipinski definition) is 1. The molecule has 0 radical (unpaired) electrons. The monoisotopic (exact) mass is 295 g/mol. The van der Waals surface area contributed by atoms with Gasteiger partial charge in [0.25, 0.3) is 0 Å². The van der Waals surface area contributed by atoms with Gasteiger partial charge >= 0.3 is 0 Å². The molecule has 100 valence electrons. The first-order chi connectivity index (χ1) is 9.19. The van der Waals surface area contributed by atoms with Gasteiger partial charge in [0, 0.05) is 23.1 Å². The van der Waals surface area contributed by atoms with Gasteiger partial charge in [-0.15, -0.1) is 0 Å². The van der Waals surface area contributed by atoms with Crippen LogP contribution in [-0.4, -0.2) is 7.11 Å². The molecule has 2 nitrogen and oxygen atoms in total. The lowest BCUT2D eigenvalue weighted by molar-refractivity contribution is 0.414. The summed E-state index contributed by atoms with van der Waals surface area (Å²) >= 11 is 12.0. The van der Waals surface area contributed by atoms with Crippen molar-refractivity contribution in [3.05, 3.63) is 63.6 Å². The fourth-order valence-corrected chi connectivity index (χ4v) is 2.14. The third-order valence-electron chi connectivity index (χ3n) is 2.81. The molecule has 2 rings (SSSR count). The van der Waals surface area contributed by atoms with E-state index in [2.05, 4.69) is 5.32 Å². The Hall–Kier alpha value is -1.22. The first-order valence-corrected chi connectivity index (χ1v) is 6.72. The molecule has 4 heteroatoms. The van der Waals surface area contributed by atoms with Crippen molar-refractivity contribution in [1.82, 2.24) is 5.32 Å². The van der Waals surface area contributed by atoms with Crippen LogP contribution in [-0.2, 0) is 13.1 Å². The molecule has 0 bridgehead atoms. The number of nitrogens with one attached hydrogen (secondary N) is 1. The highest BCUT2D eigenvalue weighted by molar-refractivity contribution is 6.33. The highest BCUT2D eigenvalue weighted by Gasteiger charge is 2.01. The summed E-state index contributed by atoms with van der Waals surface area (Å²) in [5.41, 5.74) is 2.20. The van der Waals surface area contributed by atoms with Gasteiger partial charge in [-0.3, -0.25) is 0 Å². The fraction of sp³-hybridized carbons (Fsp3) is 0.200. The van der Waals surface area contributed by atoms with Gasteiger partial charge in [0.05, 0.1) is 7.11 Å². The molecule has 0 aromatic heterocycles. The number of rotatable bonds is 5. The van der Waals surface area contributed by atoms with Crippen LogP contribution in [0.4, 0.5) is 0 Å². The summed E-state index contributed by atoms with van der Waals surface area (Å²) in [7, 11) is 1.66. The Labute approximate surface area is 123 Å². The minimum atomic E-state index is 0.686. The molecule has 19 heavy (non-hydrogen) atoms. The standard InChI is InChI=1S/C15H15Cl2NO/c1-19-14-5-2-11(3-6-14)9-18-10-12-8-13(16)4-7-15(12)17/h2-8,18H,9-10H2,1H3. The molecule has 2 aromatic carbocycles. The maximum Gasteiger partial charge on any atom is 0.118 e. The molecule has 0 unspecified atom stereocenters. The highest BCUT2D eigenvalue weighted by atomic mass is 35.5. The smallest absolute Gasteiger partial charge is 0.118 e. The summed E-state index contributed by atoms with van der Waals surface area (Å²) in [6, 6.07) is 13.4. The maximum atomic E-state index is 6.10. The number of benzene rings is 2. The first kappa shape index (κ1) is 14.2. The van der Waals surface area contributed by atoms with Crippen LogP contribution in [0.3, 0.4) is 0 Å².